The van der Waals surface area contributed by atoms with E-state index < -0.39 is 0 Å². The summed E-state index contributed by atoms with van der Waals surface area (Å²) in [5.41, 5.74) is 2.22. The highest BCUT2D eigenvalue weighted by atomic mass is 35.5. The van der Waals surface area contributed by atoms with Gasteiger partial charge in [-0.05, 0) is 42.0 Å². The number of anilines is 2. The molecule has 0 aliphatic heterocycles. The average molecular weight is 337 g/mol. The van der Waals surface area contributed by atoms with E-state index in [4.69, 9.17) is 21.6 Å². The molecule has 0 bridgehead atoms. The van der Waals surface area contributed by atoms with Crippen LogP contribution in [0, 0.1) is 11.3 Å². The summed E-state index contributed by atoms with van der Waals surface area (Å²) < 4.78 is 5.73. The van der Waals surface area contributed by atoms with Crippen LogP contribution in [0.3, 0.4) is 0 Å². The molecule has 0 fully saturated rings. The summed E-state index contributed by atoms with van der Waals surface area (Å²) in [4.78, 5) is 8.15. The predicted molar refractivity (Wildman–Crippen MR) is 92.3 cm³/mol. The van der Waals surface area contributed by atoms with E-state index in [1.807, 2.05) is 30.3 Å². The van der Waals surface area contributed by atoms with Gasteiger partial charge in [-0.25, -0.2) is 4.98 Å². The van der Waals surface area contributed by atoms with Crippen molar-refractivity contribution in [3.05, 3.63) is 77.2 Å². The minimum absolute atomic E-state index is 0.364. The second kappa shape index (κ2) is 7.44. The summed E-state index contributed by atoms with van der Waals surface area (Å²) >= 11 is 5.92. The van der Waals surface area contributed by atoms with Crippen LogP contribution in [0.4, 0.5) is 11.5 Å². The minimum atomic E-state index is 0.364. The highest BCUT2D eigenvalue weighted by Gasteiger charge is 2.03. The Morgan fingerprint density at radius 1 is 1.12 bits per heavy atom. The van der Waals surface area contributed by atoms with Crippen molar-refractivity contribution in [3.8, 4) is 11.8 Å². The average Bonchev–Trinajstić information content (AvgIpc) is 2.63. The molecule has 0 amide bonds. The second-order valence-electron chi connectivity index (χ2n) is 4.95. The molecule has 118 valence electrons. The molecule has 3 aromatic rings. The van der Waals surface area contributed by atoms with E-state index in [0.717, 1.165) is 17.0 Å². The number of ether oxygens (including phenoxy) is 1. The van der Waals surface area contributed by atoms with Crippen molar-refractivity contribution in [1.82, 2.24) is 9.97 Å². The van der Waals surface area contributed by atoms with Gasteiger partial charge in [0, 0.05) is 18.1 Å². The van der Waals surface area contributed by atoms with E-state index in [2.05, 4.69) is 21.4 Å². The Balaban J connectivity index is 1.61. The number of benzene rings is 2. The van der Waals surface area contributed by atoms with Crippen molar-refractivity contribution in [1.29, 1.82) is 5.26 Å². The van der Waals surface area contributed by atoms with Crippen LogP contribution in [0.5, 0.6) is 5.75 Å². The molecular weight excluding hydrogens is 324 g/mol. The number of nitrogens with zero attached hydrogens (tertiary/aromatic N) is 3. The lowest BCUT2D eigenvalue weighted by molar-refractivity contribution is 0.306. The van der Waals surface area contributed by atoms with Crippen LogP contribution in [0.25, 0.3) is 0 Å². The third-order valence-corrected chi connectivity index (χ3v) is 3.58. The van der Waals surface area contributed by atoms with E-state index in [1.165, 1.54) is 0 Å². The fourth-order valence-corrected chi connectivity index (χ4v) is 2.22. The molecule has 0 aliphatic carbocycles. The van der Waals surface area contributed by atoms with Gasteiger partial charge in [0.05, 0.1) is 16.8 Å². The van der Waals surface area contributed by atoms with Crippen LogP contribution < -0.4 is 10.1 Å². The number of nitrogens with one attached hydrogen (secondary N) is 1. The van der Waals surface area contributed by atoms with E-state index in [1.54, 1.807) is 30.7 Å². The van der Waals surface area contributed by atoms with Crippen LogP contribution in [-0.2, 0) is 6.61 Å². The number of hydrogen-bond acceptors (Lipinski definition) is 5. The Labute approximate surface area is 144 Å². The zero-order valence-electron chi connectivity index (χ0n) is 12.6. The van der Waals surface area contributed by atoms with E-state index >= 15 is 0 Å². The van der Waals surface area contributed by atoms with Crippen LogP contribution in [0.1, 0.15) is 11.1 Å². The first kappa shape index (κ1) is 15.8. The Bertz CT molecular complexity index is 860. The molecule has 6 heteroatoms. The summed E-state index contributed by atoms with van der Waals surface area (Å²) in [7, 11) is 0. The van der Waals surface area contributed by atoms with Crippen molar-refractivity contribution in [3.63, 3.8) is 0 Å². The fraction of sp³-hybridized carbons (Fsp3) is 0.0556. The zero-order valence-corrected chi connectivity index (χ0v) is 13.4. The van der Waals surface area contributed by atoms with Gasteiger partial charge in [0.2, 0.25) is 0 Å². The lowest BCUT2D eigenvalue weighted by Gasteiger charge is -2.09. The van der Waals surface area contributed by atoms with Crippen LogP contribution in [0.15, 0.2) is 61.1 Å². The maximum atomic E-state index is 8.99. The Kier molecular flexibility index (Phi) is 4.90. The summed E-state index contributed by atoms with van der Waals surface area (Å²) in [6.45, 7) is 0.364. The van der Waals surface area contributed by atoms with E-state index in [9.17, 15) is 0 Å². The Hall–Kier alpha value is -3.10. The number of aromatic nitrogens is 2. The maximum Gasteiger partial charge on any atom is 0.148 e. The van der Waals surface area contributed by atoms with Gasteiger partial charge in [0.1, 0.15) is 24.2 Å². The van der Waals surface area contributed by atoms with Crippen LogP contribution >= 0.6 is 11.6 Å². The number of halogens is 1. The van der Waals surface area contributed by atoms with Crippen LogP contribution in [0.2, 0.25) is 5.02 Å². The number of rotatable bonds is 5. The fourth-order valence-electron chi connectivity index (χ4n) is 2.06. The van der Waals surface area contributed by atoms with Gasteiger partial charge >= 0.3 is 0 Å². The molecule has 0 saturated heterocycles. The molecule has 0 spiro atoms. The first-order chi connectivity index (χ1) is 11.7. The topological polar surface area (TPSA) is 70.8 Å². The van der Waals surface area contributed by atoms with Gasteiger partial charge in [-0.2, -0.15) is 5.26 Å². The predicted octanol–water partition coefficient (Wildman–Crippen LogP) is 4.32. The quantitative estimate of drug-likeness (QED) is 0.751. The highest BCUT2D eigenvalue weighted by Crippen LogP contribution is 2.21. The molecule has 0 saturated carbocycles. The molecule has 0 aliphatic rings. The van der Waals surface area contributed by atoms with Gasteiger partial charge in [-0.15, -0.1) is 0 Å². The molecule has 1 N–H and O–H groups in total. The van der Waals surface area contributed by atoms with Crippen molar-refractivity contribution < 1.29 is 4.74 Å². The van der Waals surface area contributed by atoms with Crippen molar-refractivity contribution in [2.24, 2.45) is 0 Å². The molecule has 24 heavy (non-hydrogen) atoms. The first-order valence-electron chi connectivity index (χ1n) is 7.19. The SMILES string of the molecule is N#Cc1cc(COc2ccc(Nc3cnccn3)cc2)ccc1Cl. The molecule has 0 atom stereocenters. The van der Waals surface area contributed by atoms with Crippen molar-refractivity contribution in [2.45, 2.75) is 6.61 Å². The molecule has 5 nitrogen and oxygen atoms in total. The van der Waals surface area contributed by atoms with E-state index in [0.29, 0.717) is 23.0 Å². The largest absolute Gasteiger partial charge is 0.489 e. The summed E-state index contributed by atoms with van der Waals surface area (Å²) in [5.74, 6) is 1.41. The maximum absolute atomic E-state index is 8.99. The van der Waals surface area contributed by atoms with Gasteiger partial charge in [0.15, 0.2) is 0 Å². The monoisotopic (exact) mass is 336 g/mol. The summed E-state index contributed by atoms with van der Waals surface area (Å²) in [5, 5.41) is 12.6. The summed E-state index contributed by atoms with van der Waals surface area (Å²) in [6.07, 6.45) is 4.90. The third kappa shape index (κ3) is 4.00. The van der Waals surface area contributed by atoms with Gasteiger partial charge < -0.3 is 10.1 Å². The van der Waals surface area contributed by atoms with Gasteiger partial charge in [-0.3, -0.25) is 4.98 Å². The molecule has 1 heterocycles. The van der Waals surface area contributed by atoms with Gasteiger partial charge in [0.25, 0.3) is 0 Å². The molecule has 0 unspecified atom stereocenters. The lowest BCUT2D eigenvalue weighted by Crippen LogP contribution is -1.97. The highest BCUT2D eigenvalue weighted by molar-refractivity contribution is 6.31. The number of hydrogen-bond donors (Lipinski definition) is 1. The minimum Gasteiger partial charge on any atom is -0.489 e. The zero-order chi connectivity index (χ0) is 16.8. The molecule has 3 rings (SSSR count). The molecule has 0 radical (unpaired) electrons. The Morgan fingerprint density at radius 3 is 2.67 bits per heavy atom. The summed E-state index contributed by atoms with van der Waals surface area (Å²) in [6, 6.07) is 14.8. The normalized spacial score (nSPS) is 10.0. The molecule has 2 aromatic carbocycles. The van der Waals surface area contributed by atoms with Crippen molar-refractivity contribution >= 4 is 23.1 Å². The van der Waals surface area contributed by atoms with E-state index in [-0.39, 0.29) is 0 Å². The Morgan fingerprint density at radius 2 is 1.96 bits per heavy atom. The third-order valence-electron chi connectivity index (χ3n) is 3.25. The molecular formula is C18H13ClN4O. The number of nitriles is 1. The van der Waals surface area contributed by atoms with Crippen molar-refractivity contribution in [2.75, 3.05) is 5.32 Å². The standard InChI is InChI=1S/C18H13ClN4O/c19-17-6-1-13(9-14(17)10-20)12-24-16-4-2-15(3-5-16)23-18-11-21-7-8-22-18/h1-9,11H,12H2,(H,22,23). The second-order valence-corrected chi connectivity index (χ2v) is 5.36. The van der Waals surface area contributed by atoms with Gasteiger partial charge in [-0.1, -0.05) is 17.7 Å². The first-order valence-corrected chi connectivity index (χ1v) is 7.57. The van der Waals surface area contributed by atoms with Crippen LogP contribution in [-0.4, -0.2) is 9.97 Å². The molecule has 1 aromatic heterocycles. The smallest absolute Gasteiger partial charge is 0.148 e. The lowest BCUT2D eigenvalue weighted by atomic mass is 10.1.